The molecule has 0 aromatic carbocycles. The lowest BCUT2D eigenvalue weighted by molar-refractivity contribution is 0.232. The third-order valence-electron chi connectivity index (χ3n) is 1.19. The van der Waals surface area contributed by atoms with Gasteiger partial charge in [0.1, 0.15) is 0 Å². The molecule has 58 valence electrons. The first kappa shape index (κ1) is 9.92. The molecule has 1 unspecified atom stereocenters. The molecule has 0 aromatic heterocycles. The lowest BCUT2D eigenvalue weighted by atomic mass is 10.3. The maximum atomic E-state index is 5.45. The van der Waals surface area contributed by atoms with E-state index in [1.54, 1.807) is 0 Å². The lowest BCUT2D eigenvalue weighted by Gasteiger charge is -2.06. The van der Waals surface area contributed by atoms with Gasteiger partial charge in [-0.15, -0.1) is 0 Å². The van der Waals surface area contributed by atoms with Crippen LogP contribution in [0.3, 0.4) is 0 Å². The SMILES string of the molecule is CCC(C)O[Si]C=C(C)C. The normalized spacial score (nSPS) is 12.8. The highest BCUT2D eigenvalue weighted by molar-refractivity contribution is 6.34. The predicted octanol–water partition coefficient (Wildman–Crippen LogP) is 2.34. The molecule has 1 atom stereocenters. The van der Waals surface area contributed by atoms with Gasteiger partial charge in [-0.05, 0) is 27.2 Å². The Kier molecular flexibility index (Phi) is 5.64. The molecule has 0 saturated heterocycles. The van der Waals surface area contributed by atoms with Gasteiger partial charge in [-0.25, -0.2) is 0 Å². The fourth-order valence-electron chi connectivity index (χ4n) is 0.351. The number of hydrogen-bond acceptors (Lipinski definition) is 1. The minimum atomic E-state index is 0.411. The molecular weight excluding hydrogens is 140 g/mol. The molecule has 0 N–H and O–H groups in total. The highest BCUT2D eigenvalue weighted by Crippen LogP contribution is 1.95. The zero-order chi connectivity index (χ0) is 7.98. The van der Waals surface area contributed by atoms with Gasteiger partial charge in [-0.2, -0.15) is 0 Å². The summed E-state index contributed by atoms with van der Waals surface area (Å²) in [7, 11) is 0.538. The molecule has 2 radical (unpaired) electrons. The van der Waals surface area contributed by atoms with Crippen LogP contribution in [0.15, 0.2) is 11.3 Å². The highest BCUT2D eigenvalue weighted by Gasteiger charge is 1.95. The first-order chi connectivity index (χ1) is 4.66. The maximum Gasteiger partial charge on any atom is 0.261 e. The second-order valence-electron chi connectivity index (χ2n) is 2.68. The predicted molar refractivity (Wildman–Crippen MR) is 46.0 cm³/mol. The van der Waals surface area contributed by atoms with Crippen LogP contribution in [0.1, 0.15) is 34.1 Å². The second kappa shape index (κ2) is 5.68. The Morgan fingerprint density at radius 2 is 2.20 bits per heavy atom. The van der Waals surface area contributed by atoms with Crippen molar-refractivity contribution in [2.24, 2.45) is 0 Å². The summed E-state index contributed by atoms with van der Waals surface area (Å²) in [5, 5.41) is 0. The van der Waals surface area contributed by atoms with Gasteiger partial charge in [0.2, 0.25) is 0 Å². The molecule has 0 aliphatic carbocycles. The van der Waals surface area contributed by atoms with Gasteiger partial charge >= 0.3 is 0 Å². The summed E-state index contributed by atoms with van der Waals surface area (Å²) in [5.41, 5.74) is 3.47. The minimum Gasteiger partial charge on any atom is -0.409 e. The van der Waals surface area contributed by atoms with Crippen molar-refractivity contribution in [3.8, 4) is 0 Å². The lowest BCUT2D eigenvalue weighted by Crippen LogP contribution is -2.08. The molecule has 0 spiro atoms. The zero-order valence-corrected chi connectivity index (χ0v) is 8.27. The van der Waals surface area contributed by atoms with Gasteiger partial charge in [0, 0.05) is 6.10 Å². The van der Waals surface area contributed by atoms with Crippen LogP contribution in [-0.2, 0) is 4.43 Å². The monoisotopic (exact) mass is 156 g/mol. The first-order valence-electron chi connectivity index (χ1n) is 3.71. The van der Waals surface area contributed by atoms with E-state index in [-0.39, 0.29) is 0 Å². The second-order valence-corrected chi connectivity index (χ2v) is 3.44. The average Bonchev–Trinajstić information content (AvgIpc) is 1.87. The van der Waals surface area contributed by atoms with Crippen LogP contribution in [0.4, 0.5) is 0 Å². The van der Waals surface area contributed by atoms with Gasteiger partial charge in [0.05, 0.1) is 0 Å². The van der Waals surface area contributed by atoms with Gasteiger partial charge in [0.25, 0.3) is 9.76 Å². The largest absolute Gasteiger partial charge is 0.409 e. The van der Waals surface area contributed by atoms with Gasteiger partial charge < -0.3 is 4.43 Å². The van der Waals surface area contributed by atoms with E-state index >= 15 is 0 Å². The molecule has 0 fully saturated rings. The van der Waals surface area contributed by atoms with Crippen molar-refractivity contribution >= 4 is 9.76 Å². The summed E-state index contributed by atoms with van der Waals surface area (Å²) in [6.45, 7) is 8.42. The smallest absolute Gasteiger partial charge is 0.261 e. The van der Waals surface area contributed by atoms with Crippen LogP contribution in [0.25, 0.3) is 0 Å². The maximum absolute atomic E-state index is 5.45. The summed E-state index contributed by atoms with van der Waals surface area (Å²) in [4.78, 5) is 0. The molecule has 0 rings (SSSR count). The fraction of sp³-hybridized carbons (Fsp3) is 0.750. The Morgan fingerprint density at radius 3 is 2.60 bits per heavy atom. The van der Waals surface area contributed by atoms with Crippen LogP contribution in [-0.4, -0.2) is 15.9 Å². The molecule has 0 aromatic rings. The summed E-state index contributed by atoms with van der Waals surface area (Å²) < 4.78 is 5.45. The summed E-state index contributed by atoms with van der Waals surface area (Å²) in [5.74, 6) is 0. The Bertz CT molecular complexity index is 106. The van der Waals surface area contributed by atoms with E-state index in [4.69, 9.17) is 4.43 Å². The Balaban J connectivity index is 3.28. The standard InChI is InChI=1S/C8H16OSi/c1-5-8(4)9-10-6-7(2)3/h6,8H,5H2,1-4H3. The Morgan fingerprint density at radius 1 is 1.60 bits per heavy atom. The van der Waals surface area contributed by atoms with E-state index in [1.165, 1.54) is 5.57 Å². The summed E-state index contributed by atoms with van der Waals surface area (Å²) >= 11 is 0. The van der Waals surface area contributed by atoms with Gasteiger partial charge in [-0.1, -0.05) is 18.2 Å². The number of rotatable bonds is 4. The molecule has 0 heterocycles. The van der Waals surface area contributed by atoms with E-state index in [0.717, 1.165) is 6.42 Å². The highest BCUT2D eigenvalue weighted by atomic mass is 28.2. The Hall–Kier alpha value is -0.0831. The van der Waals surface area contributed by atoms with Crippen molar-refractivity contribution in [2.45, 2.75) is 40.2 Å². The zero-order valence-electron chi connectivity index (χ0n) is 7.27. The number of hydrogen-bond donors (Lipinski definition) is 0. The fourth-order valence-corrected chi connectivity index (χ4v) is 1.05. The van der Waals surface area contributed by atoms with E-state index in [9.17, 15) is 0 Å². The van der Waals surface area contributed by atoms with Crippen molar-refractivity contribution < 1.29 is 4.43 Å². The van der Waals surface area contributed by atoms with E-state index in [2.05, 4.69) is 33.4 Å². The van der Waals surface area contributed by atoms with Crippen LogP contribution >= 0.6 is 0 Å². The third kappa shape index (κ3) is 6.04. The van der Waals surface area contributed by atoms with Crippen molar-refractivity contribution in [3.05, 3.63) is 11.3 Å². The molecule has 0 bridgehead atoms. The van der Waals surface area contributed by atoms with Crippen LogP contribution in [0.5, 0.6) is 0 Å². The summed E-state index contributed by atoms with van der Waals surface area (Å²) in [6.07, 6.45) is 1.51. The van der Waals surface area contributed by atoms with Crippen molar-refractivity contribution in [3.63, 3.8) is 0 Å². The molecule has 0 amide bonds. The van der Waals surface area contributed by atoms with Crippen LogP contribution < -0.4 is 0 Å². The molecule has 0 aliphatic rings. The van der Waals surface area contributed by atoms with E-state index < -0.39 is 0 Å². The summed E-state index contributed by atoms with van der Waals surface area (Å²) in [6, 6.07) is 0. The van der Waals surface area contributed by atoms with Crippen LogP contribution in [0.2, 0.25) is 0 Å². The third-order valence-corrected chi connectivity index (χ3v) is 2.43. The quantitative estimate of drug-likeness (QED) is 0.568. The van der Waals surface area contributed by atoms with Crippen molar-refractivity contribution in [2.75, 3.05) is 0 Å². The molecule has 10 heavy (non-hydrogen) atoms. The van der Waals surface area contributed by atoms with Gasteiger partial charge in [-0.3, -0.25) is 0 Å². The first-order valence-corrected chi connectivity index (χ1v) is 4.70. The van der Waals surface area contributed by atoms with Crippen molar-refractivity contribution in [1.29, 1.82) is 0 Å². The topological polar surface area (TPSA) is 9.23 Å². The minimum absolute atomic E-state index is 0.411. The van der Waals surface area contributed by atoms with Crippen molar-refractivity contribution in [1.82, 2.24) is 0 Å². The molecular formula is C8H16OSi. The molecule has 2 heteroatoms. The Labute approximate surface area is 66.4 Å². The molecule has 1 nitrogen and oxygen atoms in total. The van der Waals surface area contributed by atoms with Gasteiger partial charge in [0.15, 0.2) is 0 Å². The van der Waals surface area contributed by atoms with Crippen LogP contribution in [0, 0.1) is 0 Å². The molecule has 0 aliphatic heterocycles. The number of allylic oxidation sites excluding steroid dienone is 1. The van der Waals surface area contributed by atoms with E-state index in [0.29, 0.717) is 15.9 Å². The average molecular weight is 156 g/mol. The molecule has 0 saturated carbocycles. The van der Waals surface area contributed by atoms with E-state index in [1.807, 2.05) is 0 Å².